The highest BCUT2D eigenvalue weighted by Crippen LogP contribution is 2.30. The molecule has 2 heterocycles. The molecule has 0 bridgehead atoms. The molecular weight excluding hydrogens is 296 g/mol. The molecule has 5 nitrogen and oxygen atoms in total. The predicted molar refractivity (Wildman–Crippen MR) is 77.5 cm³/mol. The van der Waals surface area contributed by atoms with Crippen molar-refractivity contribution < 1.29 is 4.79 Å². The van der Waals surface area contributed by atoms with E-state index in [4.69, 9.17) is 11.6 Å². The summed E-state index contributed by atoms with van der Waals surface area (Å²) in [5, 5.41) is 9.45. The van der Waals surface area contributed by atoms with E-state index >= 15 is 0 Å². The molecule has 1 atom stereocenters. The van der Waals surface area contributed by atoms with Gasteiger partial charge in [-0.05, 0) is 23.2 Å². The summed E-state index contributed by atoms with van der Waals surface area (Å²) in [6.45, 7) is 2.00. The number of benzene rings is 1. The third kappa shape index (κ3) is 2.67. The van der Waals surface area contributed by atoms with Crippen LogP contribution < -0.4 is 5.32 Å². The van der Waals surface area contributed by atoms with Gasteiger partial charge in [-0.1, -0.05) is 34.3 Å². The lowest BCUT2D eigenvalue weighted by Crippen LogP contribution is -2.49. The van der Waals surface area contributed by atoms with Crippen molar-refractivity contribution >= 4 is 29.0 Å². The fourth-order valence-corrected chi connectivity index (χ4v) is 3.06. The fraction of sp³-hybridized carbons (Fsp3) is 0.308. The van der Waals surface area contributed by atoms with Crippen LogP contribution in [0.3, 0.4) is 0 Å². The summed E-state index contributed by atoms with van der Waals surface area (Å²) >= 11 is 7.55. The Morgan fingerprint density at radius 2 is 2.30 bits per heavy atom. The summed E-state index contributed by atoms with van der Waals surface area (Å²) in [5.41, 5.74) is 1.70. The third-order valence-electron chi connectivity index (χ3n) is 3.28. The lowest BCUT2D eigenvalue weighted by atomic mass is 10.0. The van der Waals surface area contributed by atoms with Crippen LogP contribution in [0.15, 0.2) is 29.6 Å². The van der Waals surface area contributed by atoms with E-state index < -0.39 is 0 Å². The Bertz CT molecular complexity index is 604. The first-order valence-electron chi connectivity index (χ1n) is 6.28. The van der Waals surface area contributed by atoms with Crippen LogP contribution in [0.25, 0.3) is 0 Å². The van der Waals surface area contributed by atoms with E-state index in [1.807, 2.05) is 23.6 Å². The van der Waals surface area contributed by atoms with Gasteiger partial charge >= 0.3 is 0 Å². The van der Waals surface area contributed by atoms with Gasteiger partial charge in [0.25, 0.3) is 0 Å². The Balaban J connectivity index is 1.91. The van der Waals surface area contributed by atoms with Gasteiger partial charge in [0.05, 0.1) is 5.69 Å². The second kappa shape index (κ2) is 5.87. The van der Waals surface area contributed by atoms with Crippen LogP contribution in [0.1, 0.15) is 17.3 Å². The molecule has 1 aromatic heterocycles. The summed E-state index contributed by atoms with van der Waals surface area (Å²) in [6.07, 6.45) is 0. The Labute approximate surface area is 125 Å². The van der Waals surface area contributed by atoms with E-state index in [1.165, 1.54) is 11.5 Å². The van der Waals surface area contributed by atoms with Crippen LogP contribution in [0.2, 0.25) is 5.02 Å². The summed E-state index contributed by atoms with van der Waals surface area (Å²) in [6, 6.07) is 7.08. The molecule has 1 fully saturated rings. The number of aromatic nitrogens is 2. The molecule has 0 radical (unpaired) electrons. The molecule has 20 heavy (non-hydrogen) atoms. The molecule has 1 saturated heterocycles. The maximum absolute atomic E-state index is 12.2. The second-order valence-electron chi connectivity index (χ2n) is 4.58. The van der Waals surface area contributed by atoms with Crippen LogP contribution in [-0.4, -0.2) is 33.5 Å². The van der Waals surface area contributed by atoms with E-state index in [0.717, 1.165) is 17.8 Å². The van der Waals surface area contributed by atoms with Crippen molar-refractivity contribution in [1.82, 2.24) is 19.8 Å². The maximum atomic E-state index is 12.2. The molecular formula is C13H13ClN4OS. The summed E-state index contributed by atoms with van der Waals surface area (Å²) in [7, 11) is 0. The van der Waals surface area contributed by atoms with Crippen molar-refractivity contribution in [2.24, 2.45) is 0 Å². The van der Waals surface area contributed by atoms with Gasteiger partial charge in [-0.15, -0.1) is 5.10 Å². The Morgan fingerprint density at radius 1 is 1.45 bits per heavy atom. The van der Waals surface area contributed by atoms with Gasteiger partial charge in [0.1, 0.15) is 6.04 Å². The van der Waals surface area contributed by atoms with Crippen molar-refractivity contribution in [3.8, 4) is 0 Å². The summed E-state index contributed by atoms with van der Waals surface area (Å²) < 4.78 is 3.86. The zero-order valence-electron chi connectivity index (χ0n) is 10.6. The zero-order valence-corrected chi connectivity index (χ0v) is 12.2. The minimum absolute atomic E-state index is 0.0208. The number of rotatable bonds is 3. The fourth-order valence-electron chi connectivity index (χ4n) is 2.38. The topological polar surface area (TPSA) is 58.1 Å². The molecule has 7 heteroatoms. The molecule has 0 unspecified atom stereocenters. The first-order chi connectivity index (χ1) is 9.75. The number of piperazine rings is 1. The van der Waals surface area contributed by atoms with Gasteiger partial charge in [-0.2, -0.15) is 0 Å². The van der Waals surface area contributed by atoms with Gasteiger partial charge in [0, 0.05) is 30.0 Å². The molecule has 0 spiro atoms. The van der Waals surface area contributed by atoms with Gasteiger partial charge in [0.15, 0.2) is 0 Å². The van der Waals surface area contributed by atoms with E-state index in [-0.39, 0.29) is 11.9 Å². The van der Waals surface area contributed by atoms with Crippen LogP contribution in [0, 0.1) is 0 Å². The number of carbonyl (C=O) groups excluding carboxylic acids is 1. The third-order valence-corrected chi connectivity index (χ3v) is 4.18. The SMILES string of the molecule is O=C1NCCN(Cc2csnn2)[C@@H]1c1ccccc1Cl. The highest BCUT2D eigenvalue weighted by Gasteiger charge is 2.32. The number of hydrogen-bond acceptors (Lipinski definition) is 5. The molecule has 0 aliphatic carbocycles. The Kier molecular flexibility index (Phi) is 3.95. The van der Waals surface area contributed by atoms with Gasteiger partial charge in [-0.3, -0.25) is 9.69 Å². The number of nitrogens with one attached hydrogen (secondary N) is 1. The molecule has 104 valence electrons. The van der Waals surface area contributed by atoms with Crippen molar-refractivity contribution in [2.45, 2.75) is 12.6 Å². The minimum atomic E-state index is -0.376. The minimum Gasteiger partial charge on any atom is -0.353 e. The number of amides is 1. The van der Waals surface area contributed by atoms with Gasteiger partial charge in [0.2, 0.25) is 5.91 Å². The smallest absolute Gasteiger partial charge is 0.242 e. The van der Waals surface area contributed by atoms with Gasteiger partial charge < -0.3 is 5.32 Å². The van der Waals surface area contributed by atoms with E-state index in [2.05, 4.69) is 19.8 Å². The lowest BCUT2D eigenvalue weighted by molar-refractivity contribution is -0.129. The molecule has 3 rings (SSSR count). The predicted octanol–water partition coefficient (Wildman–Crippen LogP) is 1.86. The monoisotopic (exact) mass is 308 g/mol. The van der Waals surface area contributed by atoms with Crippen molar-refractivity contribution in [3.05, 3.63) is 45.9 Å². The lowest BCUT2D eigenvalue weighted by Gasteiger charge is -2.35. The average molecular weight is 309 g/mol. The van der Waals surface area contributed by atoms with Gasteiger partial charge in [-0.25, -0.2) is 0 Å². The maximum Gasteiger partial charge on any atom is 0.242 e. The van der Waals surface area contributed by atoms with E-state index in [9.17, 15) is 4.79 Å². The standard InChI is InChI=1S/C13H13ClN4OS/c14-11-4-2-1-3-10(11)12-13(19)15-5-6-18(12)7-9-8-20-17-16-9/h1-4,8,12H,5-7H2,(H,15,19)/t12-/m1/s1. The van der Waals surface area contributed by atoms with E-state index in [0.29, 0.717) is 18.1 Å². The number of carbonyl (C=O) groups is 1. The Morgan fingerprint density at radius 3 is 3.05 bits per heavy atom. The summed E-state index contributed by atoms with van der Waals surface area (Å²) in [4.78, 5) is 14.3. The molecule has 2 aromatic rings. The molecule has 1 N–H and O–H groups in total. The number of halogens is 1. The number of hydrogen-bond donors (Lipinski definition) is 1. The van der Waals surface area contributed by atoms with Crippen molar-refractivity contribution in [2.75, 3.05) is 13.1 Å². The quantitative estimate of drug-likeness (QED) is 0.940. The van der Waals surface area contributed by atoms with E-state index in [1.54, 1.807) is 6.07 Å². The molecule has 1 aromatic carbocycles. The highest BCUT2D eigenvalue weighted by atomic mass is 35.5. The largest absolute Gasteiger partial charge is 0.353 e. The molecule has 0 saturated carbocycles. The summed E-state index contributed by atoms with van der Waals surface area (Å²) in [5.74, 6) is -0.0208. The normalized spacial score (nSPS) is 19.9. The number of nitrogens with zero attached hydrogens (tertiary/aromatic N) is 3. The van der Waals surface area contributed by atoms with Crippen LogP contribution in [0.5, 0.6) is 0 Å². The second-order valence-corrected chi connectivity index (χ2v) is 5.60. The van der Waals surface area contributed by atoms with Crippen LogP contribution in [0.4, 0.5) is 0 Å². The molecule has 1 aliphatic heterocycles. The van der Waals surface area contributed by atoms with Crippen molar-refractivity contribution in [3.63, 3.8) is 0 Å². The average Bonchev–Trinajstić information content (AvgIpc) is 2.93. The zero-order chi connectivity index (χ0) is 13.9. The Hall–Kier alpha value is -1.50. The molecule has 1 amide bonds. The first-order valence-corrected chi connectivity index (χ1v) is 7.49. The van der Waals surface area contributed by atoms with Crippen LogP contribution >= 0.6 is 23.1 Å². The molecule has 1 aliphatic rings. The highest BCUT2D eigenvalue weighted by molar-refractivity contribution is 7.03. The van der Waals surface area contributed by atoms with Crippen LogP contribution in [-0.2, 0) is 11.3 Å². The van der Waals surface area contributed by atoms with Crippen molar-refractivity contribution in [1.29, 1.82) is 0 Å². The first kappa shape index (κ1) is 13.5.